The van der Waals surface area contributed by atoms with Gasteiger partial charge in [0.05, 0.1) is 6.42 Å². The Morgan fingerprint density at radius 1 is 0.895 bits per heavy atom. The van der Waals surface area contributed by atoms with Gasteiger partial charge in [0.1, 0.15) is 0 Å². The summed E-state index contributed by atoms with van der Waals surface area (Å²) in [4.78, 5) is 22.8. The second-order valence-corrected chi connectivity index (χ2v) is 3.97. The third-order valence-corrected chi connectivity index (χ3v) is 2.58. The van der Waals surface area contributed by atoms with Crippen molar-refractivity contribution in [2.75, 3.05) is 0 Å². The van der Waals surface area contributed by atoms with Gasteiger partial charge in [-0.05, 0) is 11.6 Å². The van der Waals surface area contributed by atoms with Crippen molar-refractivity contribution in [3.05, 3.63) is 71.3 Å². The maximum absolute atomic E-state index is 12.1. The molecule has 0 fully saturated rings. The van der Waals surface area contributed by atoms with E-state index in [0.717, 1.165) is 0 Å². The third-order valence-electron chi connectivity index (χ3n) is 2.58. The van der Waals surface area contributed by atoms with Crippen molar-refractivity contribution in [1.82, 2.24) is 0 Å². The van der Waals surface area contributed by atoms with Crippen molar-refractivity contribution in [2.45, 2.75) is 13.8 Å². The van der Waals surface area contributed by atoms with Gasteiger partial charge in [0.2, 0.25) is 0 Å². The van der Waals surface area contributed by atoms with E-state index < -0.39 is 5.97 Å². The van der Waals surface area contributed by atoms with Crippen molar-refractivity contribution in [3.63, 3.8) is 0 Å². The molecule has 3 heteroatoms. The van der Waals surface area contributed by atoms with Crippen LogP contribution in [0.25, 0.3) is 0 Å². The maximum atomic E-state index is 12.1. The predicted molar refractivity (Wildman–Crippen MR) is 74.4 cm³/mol. The molecule has 0 aliphatic heterocycles. The molecule has 2 rings (SSSR count). The lowest BCUT2D eigenvalue weighted by Gasteiger charge is -2.03. The van der Waals surface area contributed by atoms with Crippen LogP contribution in [-0.4, -0.2) is 16.9 Å². The normalized spacial score (nSPS) is 9.47. The van der Waals surface area contributed by atoms with Crippen LogP contribution < -0.4 is 0 Å². The molecule has 0 radical (unpaired) electrons. The van der Waals surface area contributed by atoms with Gasteiger partial charge in [0.15, 0.2) is 5.78 Å². The molecule has 0 aliphatic carbocycles. The van der Waals surface area contributed by atoms with Gasteiger partial charge in [0.25, 0.3) is 0 Å². The molecule has 98 valence electrons. The lowest BCUT2D eigenvalue weighted by Crippen LogP contribution is -2.04. The van der Waals surface area contributed by atoms with E-state index in [4.69, 9.17) is 5.11 Å². The Balaban J connectivity index is 0.00000180. The number of hydrogen-bond acceptors (Lipinski definition) is 2. The first-order chi connectivity index (χ1) is 8.66. The monoisotopic (exact) mass is 256 g/mol. The Morgan fingerprint density at radius 2 is 1.53 bits per heavy atom. The molecule has 0 heterocycles. The highest BCUT2D eigenvalue weighted by molar-refractivity contribution is 6.09. The molecule has 19 heavy (non-hydrogen) atoms. The summed E-state index contributed by atoms with van der Waals surface area (Å²) < 4.78 is 0. The van der Waals surface area contributed by atoms with Crippen LogP contribution in [0, 0.1) is 0 Å². The van der Waals surface area contributed by atoms with E-state index in [1.807, 2.05) is 6.07 Å². The summed E-state index contributed by atoms with van der Waals surface area (Å²) in [6.45, 7) is 0. The van der Waals surface area contributed by atoms with Crippen molar-refractivity contribution in [3.8, 4) is 0 Å². The third kappa shape index (κ3) is 3.78. The van der Waals surface area contributed by atoms with E-state index >= 15 is 0 Å². The summed E-state index contributed by atoms with van der Waals surface area (Å²) in [6.07, 6.45) is -0.0735. The number of rotatable bonds is 4. The zero-order chi connectivity index (χ0) is 13.0. The highest BCUT2D eigenvalue weighted by Crippen LogP contribution is 2.12. The first-order valence-corrected chi connectivity index (χ1v) is 5.57. The van der Waals surface area contributed by atoms with Gasteiger partial charge in [-0.15, -0.1) is 0 Å². The first kappa shape index (κ1) is 14.6. The second-order valence-electron chi connectivity index (χ2n) is 3.97. The minimum atomic E-state index is -0.903. The van der Waals surface area contributed by atoms with Crippen LogP contribution in [0.5, 0.6) is 0 Å². The first-order valence-electron chi connectivity index (χ1n) is 5.57. The van der Waals surface area contributed by atoms with Gasteiger partial charge in [-0.2, -0.15) is 0 Å². The summed E-state index contributed by atoms with van der Waals surface area (Å²) in [6, 6.07) is 15.7. The fraction of sp³-hybridized carbons (Fsp3) is 0.125. The fourth-order valence-corrected chi connectivity index (χ4v) is 1.75. The van der Waals surface area contributed by atoms with Crippen LogP contribution in [0.1, 0.15) is 28.9 Å². The Morgan fingerprint density at radius 3 is 2.16 bits per heavy atom. The number of benzene rings is 2. The Kier molecular flexibility index (Phi) is 5.01. The summed E-state index contributed by atoms with van der Waals surface area (Å²) in [5, 5.41) is 8.73. The zero-order valence-electron chi connectivity index (χ0n) is 9.67. The standard InChI is InChI=1S/C15H12O3.CH4/c16-14(17)10-11-5-4-8-13(9-11)15(18)12-6-2-1-3-7-12;/h1-9H,10H2,(H,16,17);1H4. The molecule has 0 bridgehead atoms. The number of carboxylic acids is 1. The molecule has 0 atom stereocenters. The molecule has 0 aromatic heterocycles. The topological polar surface area (TPSA) is 54.4 Å². The number of hydrogen-bond donors (Lipinski definition) is 1. The summed E-state index contributed by atoms with van der Waals surface area (Å²) >= 11 is 0. The van der Waals surface area contributed by atoms with E-state index in [1.54, 1.807) is 48.5 Å². The SMILES string of the molecule is C.O=C(O)Cc1cccc(C(=O)c2ccccc2)c1. The molecule has 1 N–H and O–H groups in total. The molecular weight excluding hydrogens is 240 g/mol. The molecule has 0 unspecified atom stereocenters. The van der Waals surface area contributed by atoms with Gasteiger partial charge in [-0.1, -0.05) is 56.0 Å². The lowest BCUT2D eigenvalue weighted by molar-refractivity contribution is -0.136. The van der Waals surface area contributed by atoms with Crippen molar-refractivity contribution < 1.29 is 14.7 Å². The molecule has 0 saturated carbocycles. The van der Waals surface area contributed by atoms with E-state index in [9.17, 15) is 9.59 Å². The molecule has 0 amide bonds. The lowest BCUT2D eigenvalue weighted by atomic mass is 10.0. The average molecular weight is 256 g/mol. The molecule has 2 aromatic rings. The Bertz CT molecular complexity index is 574. The molecule has 0 spiro atoms. The molecular formula is C16H16O3. The van der Waals surface area contributed by atoms with Gasteiger partial charge in [-0.25, -0.2) is 0 Å². The summed E-state index contributed by atoms with van der Waals surface area (Å²) in [5.41, 5.74) is 1.74. The quantitative estimate of drug-likeness (QED) is 0.855. The van der Waals surface area contributed by atoms with Gasteiger partial charge >= 0.3 is 5.97 Å². The van der Waals surface area contributed by atoms with Crippen molar-refractivity contribution in [1.29, 1.82) is 0 Å². The van der Waals surface area contributed by atoms with Crippen LogP contribution in [0.15, 0.2) is 54.6 Å². The van der Waals surface area contributed by atoms with E-state index in [0.29, 0.717) is 16.7 Å². The largest absolute Gasteiger partial charge is 0.481 e. The maximum Gasteiger partial charge on any atom is 0.307 e. The van der Waals surface area contributed by atoms with Gasteiger partial charge in [-0.3, -0.25) is 9.59 Å². The Labute approximate surface area is 112 Å². The van der Waals surface area contributed by atoms with Crippen LogP contribution >= 0.6 is 0 Å². The fourth-order valence-electron chi connectivity index (χ4n) is 1.75. The zero-order valence-corrected chi connectivity index (χ0v) is 9.67. The van der Waals surface area contributed by atoms with Crippen molar-refractivity contribution >= 4 is 11.8 Å². The number of carboxylic acid groups (broad SMARTS) is 1. The van der Waals surface area contributed by atoms with Crippen LogP contribution in [0.4, 0.5) is 0 Å². The number of carbonyl (C=O) groups is 2. The van der Waals surface area contributed by atoms with E-state index in [-0.39, 0.29) is 19.6 Å². The number of carbonyl (C=O) groups excluding carboxylic acids is 1. The van der Waals surface area contributed by atoms with Gasteiger partial charge < -0.3 is 5.11 Å². The summed E-state index contributed by atoms with van der Waals surface area (Å²) in [5.74, 6) is -0.998. The minimum Gasteiger partial charge on any atom is -0.481 e. The average Bonchev–Trinajstić information content (AvgIpc) is 2.38. The molecule has 0 aliphatic rings. The Hall–Kier alpha value is -2.42. The van der Waals surface area contributed by atoms with Gasteiger partial charge in [0, 0.05) is 11.1 Å². The van der Waals surface area contributed by atoms with Crippen LogP contribution in [0.3, 0.4) is 0 Å². The molecule has 3 nitrogen and oxygen atoms in total. The minimum absolute atomic E-state index is 0. The highest BCUT2D eigenvalue weighted by atomic mass is 16.4. The van der Waals surface area contributed by atoms with Crippen molar-refractivity contribution in [2.24, 2.45) is 0 Å². The number of aliphatic carboxylic acids is 1. The highest BCUT2D eigenvalue weighted by Gasteiger charge is 2.09. The molecule has 2 aromatic carbocycles. The van der Waals surface area contributed by atoms with Crippen LogP contribution in [0.2, 0.25) is 0 Å². The summed E-state index contributed by atoms with van der Waals surface area (Å²) in [7, 11) is 0. The predicted octanol–water partition coefficient (Wildman–Crippen LogP) is 3.18. The van der Waals surface area contributed by atoms with Crippen LogP contribution in [-0.2, 0) is 11.2 Å². The smallest absolute Gasteiger partial charge is 0.307 e. The second kappa shape index (κ2) is 6.50. The molecule has 0 saturated heterocycles. The van der Waals surface area contributed by atoms with E-state index in [1.165, 1.54) is 0 Å². The number of ketones is 1. The van der Waals surface area contributed by atoms with E-state index in [2.05, 4.69) is 0 Å².